The third-order valence-corrected chi connectivity index (χ3v) is 6.78. The van der Waals surface area contributed by atoms with Crippen molar-refractivity contribution in [1.29, 1.82) is 0 Å². The summed E-state index contributed by atoms with van der Waals surface area (Å²) in [5.41, 5.74) is -0.447. The zero-order valence-corrected chi connectivity index (χ0v) is 20.2. The van der Waals surface area contributed by atoms with Crippen LogP contribution in [0.1, 0.15) is 59.3 Å². The number of amides is 1. The summed E-state index contributed by atoms with van der Waals surface area (Å²) in [6, 6.07) is 0.875. The molecule has 1 amide bonds. The van der Waals surface area contributed by atoms with Crippen LogP contribution in [0.3, 0.4) is 0 Å². The number of nitrogens with one attached hydrogen (secondary N) is 2. The van der Waals surface area contributed by atoms with Gasteiger partial charge in [0, 0.05) is 45.4 Å². The zero-order valence-electron chi connectivity index (χ0n) is 20.2. The number of rotatable bonds is 6. The molecular weight excluding hydrogens is 394 g/mol. The molecule has 2 N–H and O–H groups in total. The second-order valence-corrected chi connectivity index (χ2v) is 10.3. The van der Waals surface area contributed by atoms with Gasteiger partial charge in [0.25, 0.3) is 0 Å². The van der Waals surface area contributed by atoms with Crippen LogP contribution in [0.25, 0.3) is 0 Å². The lowest BCUT2D eigenvalue weighted by atomic mass is 9.96. The van der Waals surface area contributed by atoms with Crippen LogP contribution < -0.4 is 10.6 Å². The highest BCUT2D eigenvalue weighted by Gasteiger charge is 2.45. The maximum atomic E-state index is 12.7. The molecule has 3 saturated heterocycles. The number of hydrogen-bond donors (Lipinski definition) is 2. The van der Waals surface area contributed by atoms with Crippen molar-refractivity contribution >= 4 is 12.1 Å². The molecule has 3 aliphatic heterocycles. The number of hydrogen-bond acceptors (Lipinski definition) is 5. The summed E-state index contributed by atoms with van der Waals surface area (Å²) < 4.78 is 10.8. The van der Waals surface area contributed by atoms with Crippen molar-refractivity contribution in [2.45, 2.75) is 83.0 Å². The van der Waals surface area contributed by atoms with Gasteiger partial charge >= 0.3 is 6.09 Å². The highest BCUT2D eigenvalue weighted by atomic mass is 16.6. The van der Waals surface area contributed by atoms with Crippen LogP contribution in [0.5, 0.6) is 0 Å². The minimum Gasteiger partial charge on any atom is -0.444 e. The standard InChI is InChI=1S/C23H43N5O3/c1-23(2,3)31-22(29)28-19-6-7-20(28)15-18(14-19)26-21(24-4)25-16-17-8-10-27(11-9-17)12-13-30-5/h17-20H,6-16H2,1-5H3,(H2,24,25,26). The summed E-state index contributed by atoms with van der Waals surface area (Å²) >= 11 is 0. The molecule has 2 atom stereocenters. The molecule has 0 aromatic carbocycles. The number of methoxy groups -OCH3 is 1. The van der Waals surface area contributed by atoms with E-state index in [1.807, 2.05) is 32.7 Å². The van der Waals surface area contributed by atoms with Crippen LogP contribution in [-0.4, -0.2) is 92.5 Å². The van der Waals surface area contributed by atoms with Gasteiger partial charge in [-0.25, -0.2) is 4.79 Å². The van der Waals surface area contributed by atoms with E-state index < -0.39 is 5.60 Å². The van der Waals surface area contributed by atoms with Crippen molar-refractivity contribution in [3.8, 4) is 0 Å². The quantitative estimate of drug-likeness (QED) is 0.491. The molecule has 0 spiro atoms. The van der Waals surface area contributed by atoms with Crippen LogP contribution in [-0.2, 0) is 9.47 Å². The van der Waals surface area contributed by atoms with Crippen molar-refractivity contribution < 1.29 is 14.3 Å². The molecule has 2 bridgehead atoms. The van der Waals surface area contributed by atoms with Crippen molar-refractivity contribution in [1.82, 2.24) is 20.4 Å². The highest BCUT2D eigenvalue weighted by Crippen LogP contribution is 2.36. The minimum atomic E-state index is -0.447. The third kappa shape index (κ3) is 6.97. The average Bonchev–Trinajstić information content (AvgIpc) is 3.00. The SMILES string of the molecule is CN=C(NCC1CCN(CCOC)CC1)NC1CC2CCC(C1)N2C(=O)OC(C)(C)C. The third-order valence-electron chi connectivity index (χ3n) is 6.78. The van der Waals surface area contributed by atoms with Gasteiger partial charge in [0.15, 0.2) is 5.96 Å². The molecule has 3 rings (SSSR count). The number of nitrogens with zero attached hydrogens (tertiary/aromatic N) is 3. The van der Waals surface area contributed by atoms with E-state index in [0.29, 0.717) is 12.0 Å². The Morgan fingerprint density at radius 2 is 1.74 bits per heavy atom. The number of carbonyl (C=O) groups excluding carboxylic acids is 1. The first-order valence-electron chi connectivity index (χ1n) is 12.0. The van der Waals surface area contributed by atoms with E-state index in [1.54, 1.807) is 7.11 Å². The number of fused-ring (bicyclic) bond motifs is 2. The summed E-state index contributed by atoms with van der Waals surface area (Å²) in [6.07, 6.45) is 6.31. The lowest BCUT2D eigenvalue weighted by molar-refractivity contribution is 0.00544. The molecule has 8 nitrogen and oxygen atoms in total. The van der Waals surface area contributed by atoms with Crippen LogP contribution in [0.15, 0.2) is 4.99 Å². The second-order valence-electron chi connectivity index (χ2n) is 10.3. The molecule has 0 aromatic heterocycles. The molecule has 31 heavy (non-hydrogen) atoms. The van der Waals surface area contributed by atoms with Crippen LogP contribution >= 0.6 is 0 Å². The minimum absolute atomic E-state index is 0.155. The monoisotopic (exact) mass is 437 g/mol. The second kappa shape index (κ2) is 10.9. The molecule has 3 heterocycles. The molecule has 0 saturated carbocycles. The molecule has 178 valence electrons. The summed E-state index contributed by atoms with van der Waals surface area (Å²) in [5.74, 6) is 1.57. The Kier molecular flexibility index (Phi) is 8.44. The smallest absolute Gasteiger partial charge is 0.410 e. The Balaban J connectivity index is 1.42. The number of ether oxygens (including phenoxy) is 2. The van der Waals surface area contributed by atoms with Gasteiger partial charge in [-0.2, -0.15) is 0 Å². The van der Waals surface area contributed by atoms with Crippen LogP contribution in [0.4, 0.5) is 4.79 Å². The average molecular weight is 438 g/mol. The fraction of sp³-hybridized carbons (Fsp3) is 0.913. The Hall–Kier alpha value is -1.54. The maximum Gasteiger partial charge on any atom is 0.410 e. The van der Waals surface area contributed by atoms with E-state index in [0.717, 1.165) is 64.4 Å². The zero-order chi connectivity index (χ0) is 22.4. The largest absolute Gasteiger partial charge is 0.444 e. The first-order chi connectivity index (χ1) is 14.8. The highest BCUT2D eigenvalue weighted by molar-refractivity contribution is 5.80. The molecule has 3 aliphatic rings. The number of likely N-dealkylation sites (tertiary alicyclic amines) is 1. The molecule has 2 unspecified atom stereocenters. The normalized spacial score (nSPS) is 28.0. The van der Waals surface area contributed by atoms with E-state index in [4.69, 9.17) is 9.47 Å². The molecule has 3 fully saturated rings. The number of carbonyl (C=O) groups is 1. The number of guanidine groups is 1. The molecule has 0 aromatic rings. The van der Waals surface area contributed by atoms with Gasteiger partial charge in [0.1, 0.15) is 5.60 Å². The van der Waals surface area contributed by atoms with Gasteiger partial charge in [-0.3, -0.25) is 4.99 Å². The molecule has 0 radical (unpaired) electrons. The van der Waals surface area contributed by atoms with Crippen molar-refractivity contribution in [3.63, 3.8) is 0 Å². The summed E-state index contributed by atoms with van der Waals surface area (Å²) in [5, 5.41) is 7.17. The molecular formula is C23H43N5O3. The lowest BCUT2D eigenvalue weighted by Crippen LogP contribution is -2.55. The topological polar surface area (TPSA) is 78.4 Å². The summed E-state index contributed by atoms with van der Waals surface area (Å²) in [6.45, 7) is 10.9. The molecule has 0 aliphatic carbocycles. The fourth-order valence-electron chi connectivity index (χ4n) is 5.17. The van der Waals surface area contributed by atoms with Crippen LogP contribution in [0.2, 0.25) is 0 Å². The van der Waals surface area contributed by atoms with E-state index in [1.165, 1.54) is 12.8 Å². The Labute approximate surface area is 188 Å². The number of piperidine rings is 2. The predicted molar refractivity (Wildman–Crippen MR) is 123 cm³/mol. The van der Waals surface area contributed by atoms with Gasteiger partial charge in [-0.15, -0.1) is 0 Å². The lowest BCUT2D eigenvalue weighted by Gasteiger charge is -2.40. The summed E-state index contributed by atoms with van der Waals surface area (Å²) in [7, 11) is 3.61. The Morgan fingerprint density at radius 3 is 2.29 bits per heavy atom. The van der Waals surface area contributed by atoms with Gasteiger partial charge in [-0.05, 0) is 78.3 Å². The van der Waals surface area contributed by atoms with Crippen molar-refractivity contribution in [2.75, 3.05) is 46.9 Å². The van der Waals surface area contributed by atoms with Gasteiger partial charge in [0.2, 0.25) is 0 Å². The van der Waals surface area contributed by atoms with Crippen molar-refractivity contribution in [3.05, 3.63) is 0 Å². The summed E-state index contributed by atoms with van der Waals surface area (Å²) in [4.78, 5) is 21.6. The Bertz CT molecular complexity index is 599. The first kappa shape index (κ1) is 24.1. The Morgan fingerprint density at radius 1 is 1.10 bits per heavy atom. The number of aliphatic imine (C=N–C) groups is 1. The van der Waals surface area contributed by atoms with E-state index in [9.17, 15) is 4.79 Å². The van der Waals surface area contributed by atoms with Gasteiger partial charge in [-0.1, -0.05) is 0 Å². The van der Waals surface area contributed by atoms with Gasteiger partial charge in [0.05, 0.1) is 6.61 Å². The maximum absolute atomic E-state index is 12.7. The fourth-order valence-corrected chi connectivity index (χ4v) is 5.17. The van der Waals surface area contributed by atoms with E-state index in [-0.39, 0.29) is 18.2 Å². The van der Waals surface area contributed by atoms with E-state index >= 15 is 0 Å². The first-order valence-corrected chi connectivity index (χ1v) is 12.0. The van der Waals surface area contributed by atoms with Crippen molar-refractivity contribution in [2.24, 2.45) is 10.9 Å². The van der Waals surface area contributed by atoms with Crippen LogP contribution in [0, 0.1) is 5.92 Å². The molecule has 8 heteroatoms. The predicted octanol–water partition coefficient (Wildman–Crippen LogP) is 2.44. The van der Waals surface area contributed by atoms with E-state index in [2.05, 4.69) is 20.5 Å². The van der Waals surface area contributed by atoms with Gasteiger partial charge < -0.3 is 29.9 Å².